The third-order valence-electron chi connectivity index (χ3n) is 3.64. The van der Waals surface area contributed by atoms with Crippen LogP contribution in [0.15, 0.2) is 24.3 Å². The van der Waals surface area contributed by atoms with Crippen molar-refractivity contribution in [3.8, 4) is 5.75 Å². The van der Waals surface area contributed by atoms with Crippen LogP contribution < -0.4 is 4.74 Å². The normalized spacial score (nSPS) is 20.7. The Morgan fingerprint density at radius 2 is 2.11 bits per heavy atom. The van der Waals surface area contributed by atoms with Gasteiger partial charge in [-0.25, -0.2) is 0 Å². The highest BCUT2D eigenvalue weighted by Crippen LogP contribution is 2.29. The number of carbonyl (C=O) groups is 1. The SMILES string of the molecule is CCOc1ccc(C(C)N2CC(CS)CC2=O)cc1. The van der Waals surface area contributed by atoms with Gasteiger partial charge in [-0.2, -0.15) is 12.6 Å². The summed E-state index contributed by atoms with van der Waals surface area (Å²) in [7, 11) is 0. The number of benzene rings is 1. The van der Waals surface area contributed by atoms with E-state index >= 15 is 0 Å². The Hall–Kier alpha value is -1.16. The van der Waals surface area contributed by atoms with Crippen molar-refractivity contribution in [1.82, 2.24) is 4.90 Å². The van der Waals surface area contributed by atoms with E-state index in [1.54, 1.807) is 0 Å². The number of nitrogens with zero attached hydrogens (tertiary/aromatic N) is 1. The summed E-state index contributed by atoms with van der Waals surface area (Å²) in [6.07, 6.45) is 0.630. The van der Waals surface area contributed by atoms with Crippen LogP contribution in [0.2, 0.25) is 0 Å². The maximum absolute atomic E-state index is 12.0. The van der Waals surface area contributed by atoms with Crippen molar-refractivity contribution in [2.75, 3.05) is 18.9 Å². The molecular weight excluding hydrogens is 258 g/mol. The molecule has 3 nitrogen and oxygen atoms in total. The van der Waals surface area contributed by atoms with Crippen LogP contribution >= 0.6 is 12.6 Å². The molecule has 1 fully saturated rings. The van der Waals surface area contributed by atoms with Gasteiger partial charge < -0.3 is 9.64 Å². The van der Waals surface area contributed by atoms with E-state index in [4.69, 9.17) is 4.74 Å². The second kappa shape index (κ2) is 6.33. The van der Waals surface area contributed by atoms with Crippen molar-refractivity contribution in [2.45, 2.75) is 26.3 Å². The van der Waals surface area contributed by atoms with E-state index in [-0.39, 0.29) is 11.9 Å². The predicted molar refractivity (Wildman–Crippen MR) is 79.7 cm³/mol. The minimum atomic E-state index is 0.119. The van der Waals surface area contributed by atoms with Gasteiger partial charge in [0, 0.05) is 13.0 Å². The molecule has 0 saturated carbocycles. The maximum Gasteiger partial charge on any atom is 0.223 e. The second-order valence-electron chi connectivity index (χ2n) is 4.98. The molecule has 1 saturated heterocycles. The first kappa shape index (κ1) is 14.3. The van der Waals surface area contributed by atoms with Gasteiger partial charge >= 0.3 is 0 Å². The van der Waals surface area contributed by atoms with Crippen LogP contribution in [0.25, 0.3) is 0 Å². The van der Waals surface area contributed by atoms with Crippen molar-refractivity contribution in [2.24, 2.45) is 5.92 Å². The molecule has 2 rings (SSSR count). The van der Waals surface area contributed by atoms with E-state index in [0.717, 1.165) is 23.6 Å². The first-order valence-electron chi connectivity index (χ1n) is 6.78. The number of hydrogen-bond donors (Lipinski definition) is 1. The molecule has 0 N–H and O–H groups in total. The van der Waals surface area contributed by atoms with Crippen molar-refractivity contribution in [1.29, 1.82) is 0 Å². The standard InChI is InChI=1S/C15H21NO2S/c1-3-18-14-6-4-13(5-7-14)11(2)16-9-12(10-19)8-15(16)17/h4-7,11-12,19H,3,8-10H2,1-2H3. The zero-order chi connectivity index (χ0) is 13.8. The molecule has 1 aromatic rings. The van der Waals surface area contributed by atoms with Crippen molar-refractivity contribution in [3.05, 3.63) is 29.8 Å². The first-order chi connectivity index (χ1) is 9.15. The van der Waals surface area contributed by atoms with Crippen molar-refractivity contribution in [3.63, 3.8) is 0 Å². The van der Waals surface area contributed by atoms with E-state index in [1.807, 2.05) is 36.1 Å². The zero-order valence-electron chi connectivity index (χ0n) is 11.5. The van der Waals surface area contributed by atoms with Gasteiger partial charge in [-0.3, -0.25) is 4.79 Å². The number of ether oxygens (including phenoxy) is 1. The number of amides is 1. The lowest BCUT2D eigenvalue weighted by Crippen LogP contribution is -2.28. The van der Waals surface area contributed by atoms with Crippen LogP contribution in [0.5, 0.6) is 5.75 Å². The number of carbonyl (C=O) groups excluding carboxylic acids is 1. The third kappa shape index (κ3) is 3.24. The van der Waals surface area contributed by atoms with Crippen molar-refractivity contribution >= 4 is 18.5 Å². The predicted octanol–water partition coefficient (Wildman–Crippen LogP) is 2.92. The van der Waals surface area contributed by atoms with E-state index < -0.39 is 0 Å². The van der Waals surface area contributed by atoms with Gasteiger partial charge in [-0.1, -0.05) is 12.1 Å². The highest BCUT2D eigenvalue weighted by atomic mass is 32.1. The molecule has 0 aromatic heterocycles. The molecule has 1 aromatic carbocycles. The lowest BCUT2D eigenvalue weighted by atomic mass is 10.1. The van der Waals surface area contributed by atoms with Crippen LogP contribution in [0.1, 0.15) is 31.9 Å². The molecule has 19 heavy (non-hydrogen) atoms. The average molecular weight is 279 g/mol. The first-order valence-corrected chi connectivity index (χ1v) is 7.42. The Labute approximate surface area is 120 Å². The van der Waals surface area contributed by atoms with Gasteiger partial charge in [0.1, 0.15) is 5.75 Å². The largest absolute Gasteiger partial charge is 0.494 e. The summed E-state index contributed by atoms with van der Waals surface area (Å²) in [4.78, 5) is 14.0. The Morgan fingerprint density at radius 3 is 2.63 bits per heavy atom. The fourth-order valence-corrected chi connectivity index (χ4v) is 2.74. The molecule has 0 radical (unpaired) electrons. The lowest BCUT2D eigenvalue weighted by Gasteiger charge is -2.25. The minimum absolute atomic E-state index is 0.119. The Balaban J connectivity index is 2.06. The van der Waals surface area contributed by atoms with Crippen LogP contribution in [0, 0.1) is 5.92 Å². The van der Waals surface area contributed by atoms with E-state index in [1.165, 1.54) is 0 Å². The van der Waals surface area contributed by atoms with E-state index in [0.29, 0.717) is 18.9 Å². The number of thiol groups is 1. The highest BCUT2D eigenvalue weighted by Gasteiger charge is 2.32. The monoisotopic (exact) mass is 279 g/mol. The highest BCUT2D eigenvalue weighted by molar-refractivity contribution is 7.80. The zero-order valence-corrected chi connectivity index (χ0v) is 12.4. The molecule has 1 heterocycles. The topological polar surface area (TPSA) is 29.5 Å². The Morgan fingerprint density at radius 1 is 1.42 bits per heavy atom. The molecule has 2 atom stereocenters. The summed E-state index contributed by atoms with van der Waals surface area (Å²) < 4.78 is 5.43. The summed E-state index contributed by atoms with van der Waals surface area (Å²) in [5.41, 5.74) is 1.15. The molecule has 0 spiro atoms. The maximum atomic E-state index is 12.0. The van der Waals surface area contributed by atoms with Gasteiger partial charge in [-0.15, -0.1) is 0 Å². The average Bonchev–Trinajstić information content (AvgIpc) is 2.80. The summed E-state index contributed by atoms with van der Waals surface area (Å²) in [6, 6.07) is 8.12. The molecule has 0 aliphatic carbocycles. The fraction of sp³-hybridized carbons (Fsp3) is 0.533. The number of rotatable bonds is 5. The van der Waals surface area contributed by atoms with Gasteiger partial charge in [-0.05, 0) is 43.2 Å². The molecule has 2 unspecified atom stereocenters. The number of hydrogen-bond acceptors (Lipinski definition) is 3. The smallest absolute Gasteiger partial charge is 0.223 e. The second-order valence-corrected chi connectivity index (χ2v) is 5.34. The minimum Gasteiger partial charge on any atom is -0.494 e. The molecule has 104 valence electrons. The summed E-state index contributed by atoms with van der Waals surface area (Å²) in [5, 5.41) is 0. The molecule has 0 bridgehead atoms. The van der Waals surface area contributed by atoms with E-state index in [9.17, 15) is 4.79 Å². The number of likely N-dealkylation sites (tertiary alicyclic amines) is 1. The molecule has 1 aliphatic rings. The van der Waals surface area contributed by atoms with Gasteiger partial charge in [0.05, 0.1) is 12.6 Å². The third-order valence-corrected chi connectivity index (χ3v) is 4.15. The van der Waals surface area contributed by atoms with Gasteiger partial charge in [0.2, 0.25) is 5.91 Å². The van der Waals surface area contributed by atoms with Crippen LogP contribution in [0.4, 0.5) is 0 Å². The Kier molecular flexibility index (Phi) is 4.75. The van der Waals surface area contributed by atoms with Crippen molar-refractivity contribution < 1.29 is 9.53 Å². The summed E-state index contributed by atoms with van der Waals surface area (Å²) >= 11 is 4.29. The Bertz CT molecular complexity index is 432. The quantitative estimate of drug-likeness (QED) is 0.840. The molecule has 1 amide bonds. The molecular formula is C15H21NO2S. The fourth-order valence-electron chi connectivity index (χ4n) is 2.49. The summed E-state index contributed by atoms with van der Waals surface area (Å²) in [6.45, 7) is 5.53. The summed E-state index contributed by atoms with van der Waals surface area (Å²) in [5.74, 6) is 2.28. The molecule has 1 aliphatic heterocycles. The lowest BCUT2D eigenvalue weighted by molar-refractivity contribution is -0.129. The van der Waals surface area contributed by atoms with Gasteiger partial charge in [0.15, 0.2) is 0 Å². The van der Waals surface area contributed by atoms with Crippen LogP contribution in [-0.4, -0.2) is 29.7 Å². The van der Waals surface area contributed by atoms with Crippen LogP contribution in [0.3, 0.4) is 0 Å². The molecule has 4 heteroatoms. The van der Waals surface area contributed by atoms with Crippen LogP contribution in [-0.2, 0) is 4.79 Å². The van der Waals surface area contributed by atoms with E-state index in [2.05, 4.69) is 19.6 Å². The van der Waals surface area contributed by atoms with Gasteiger partial charge in [0.25, 0.3) is 0 Å².